The molecule has 2 aromatic heterocycles. The van der Waals surface area contributed by atoms with Gasteiger partial charge in [0.05, 0.1) is 6.33 Å². The number of nitrogens with one attached hydrogen (secondary N) is 2. The highest BCUT2D eigenvalue weighted by molar-refractivity contribution is 4.64. The van der Waals surface area contributed by atoms with Crippen LogP contribution in [0.25, 0.3) is 0 Å². The zero-order valence-corrected chi connectivity index (χ0v) is 12.4. The van der Waals surface area contributed by atoms with Crippen LogP contribution in [0, 0.1) is 11.8 Å². The fraction of sp³-hybridized carbons (Fsp3) is 0.667. The van der Waals surface area contributed by atoms with E-state index < -0.39 is 0 Å². The van der Waals surface area contributed by atoms with Gasteiger partial charge in [0, 0.05) is 12.4 Å². The Morgan fingerprint density at radius 3 is 1.40 bits per heavy atom. The first-order chi connectivity index (χ1) is 8.46. The van der Waals surface area contributed by atoms with E-state index >= 15 is 0 Å². The SMILES string of the molecule is C.C.CC(C)C.CC(C)C.c1c[nH]cn1.c1nc[nH]n1. The zero-order valence-electron chi connectivity index (χ0n) is 12.4. The molecule has 0 fully saturated rings. The molecule has 0 amide bonds. The van der Waals surface area contributed by atoms with Crippen molar-refractivity contribution < 1.29 is 0 Å². The number of hydrogen-bond acceptors (Lipinski definition) is 3. The minimum Gasteiger partial charge on any atom is -0.351 e. The van der Waals surface area contributed by atoms with Gasteiger partial charge in [-0.25, -0.2) is 9.97 Å². The molecule has 0 aliphatic carbocycles. The molecule has 0 saturated heterocycles. The molecule has 0 aliphatic heterocycles. The Hall–Kier alpha value is -1.65. The molecule has 0 atom stereocenters. The lowest BCUT2D eigenvalue weighted by Gasteiger charge is -1.79. The van der Waals surface area contributed by atoms with Gasteiger partial charge in [-0.1, -0.05) is 56.4 Å². The molecule has 0 spiro atoms. The van der Waals surface area contributed by atoms with Crippen molar-refractivity contribution in [1.29, 1.82) is 0 Å². The standard InChI is InChI=1S/2C4H10.C3H4N2.C2H3N3.2CH4/c2*1-4(2)3;1-2-5-3-4-1;1-3-2-5-4-1;;/h2*4H,1-3H3;1-3H,(H,4,5);1-2H,(H,3,4,5);2*1H4. The van der Waals surface area contributed by atoms with E-state index in [0.29, 0.717) is 0 Å². The fourth-order valence-corrected chi connectivity index (χ4v) is 0.382. The van der Waals surface area contributed by atoms with Crippen LogP contribution < -0.4 is 0 Å². The molecule has 5 heteroatoms. The van der Waals surface area contributed by atoms with E-state index in [1.807, 2.05) is 0 Å². The number of H-pyrrole nitrogens is 2. The number of nitrogens with zero attached hydrogens (tertiary/aromatic N) is 3. The molecule has 120 valence electrons. The van der Waals surface area contributed by atoms with E-state index in [2.05, 4.69) is 66.7 Å². The van der Waals surface area contributed by atoms with Crippen molar-refractivity contribution in [2.24, 2.45) is 11.8 Å². The second-order valence-corrected chi connectivity index (χ2v) is 4.88. The molecule has 0 bridgehead atoms. The third-order valence-corrected chi connectivity index (χ3v) is 0.737. The molecule has 0 radical (unpaired) electrons. The lowest BCUT2D eigenvalue weighted by Crippen LogP contribution is -1.66. The predicted molar refractivity (Wildman–Crippen MR) is 89.5 cm³/mol. The van der Waals surface area contributed by atoms with Crippen LogP contribution in [0.5, 0.6) is 0 Å². The molecule has 2 rings (SSSR count). The van der Waals surface area contributed by atoms with Crippen LogP contribution in [0.2, 0.25) is 0 Å². The Balaban J connectivity index is -0.0000000833. The number of imidazole rings is 1. The van der Waals surface area contributed by atoms with Crippen LogP contribution in [0.15, 0.2) is 31.4 Å². The molecule has 0 aliphatic rings. The average molecular weight is 285 g/mol. The van der Waals surface area contributed by atoms with E-state index in [0.717, 1.165) is 11.8 Å². The average Bonchev–Trinajstić information content (AvgIpc) is 2.96. The van der Waals surface area contributed by atoms with E-state index in [9.17, 15) is 0 Å². The van der Waals surface area contributed by atoms with Crippen molar-refractivity contribution >= 4 is 0 Å². The first-order valence-corrected chi connectivity index (χ1v) is 6.18. The summed E-state index contributed by atoms with van der Waals surface area (Å²) in [5.74, 6) is 1.67. The predicted octanol–water partition coefficient (Wildman–Crippen LogP) is 4.81. The van der Waals surface area contributed by atoms with Gasteiger partial charge in [0.2, 0.25) is 0 Å². The maximum Gasteiger partial charge on any atom is 0.137 e. The molecule has 2 N–H and O–H groups in total. The molecule has 2 heterocycles. The van der Waals surface area contributed by atoms with E-state index in [1.165, 1.54) is 12.7 Å². The first-order valence-electron chi connectivity index (χ1n) is 6.18. The lowest BCUT2D eigenvalue weighted by atomic mass is 10.3. The van der Waals surface area contributed by atoms with Crippen molar-refractivity contribution in [2.45, 2.75) is 56.4 Å². The van der Waals surface area contributed by atoms with E-state index in [4.69, 9.17) is 0 Å². The van der Waals surface area contributed by atoms with Crippen LogP contribution in [0.3, 0.4) is 0 Å². The molecule has 0 saturated carbocycles. The maximum absolute atomic E-state index is 3.67. The highest BCUT2D eigenvalue weighted by Crippen LogP contribution is 1.81. The highest BCUT2D eigenvalue weighted by Gasteiger charge is 1.68. The van der Waals surface area contributed by atoms with Crippen molar-refractivity contribution in [3.8, 4) is 0 Å². The van der Waals surface area contributed by atoms with E-state index in [-0.39, 0.29) is 14.9 Å². The second kappa shape index (κ2) is 22.5. The van der Waals surface area contributed by atoms with Gasteiger partial charge in [0.25, 0.3) is 0 Å². The number of hydrogen-bond donors (Lipinski definition) is 2. The second-order valence-electron chi connectivity index (χ2n) is 4.88. The topological polar surface area (TPSA) is 70.2 Å². The third kappa shape index (κ3) is 55.3. The van der Waals surface area contributed by atoms with Crippen molar-refractivity contribution in [1.82, 2.24) is 25.1 Å². The van der Waals surface area contributed by atoms with Crippen LogP contribution in [-0.4, -0.2) is 25.1 Å². The Morgan fingerprint density at radius 2 is 1.30 bits per heavy atom. The molecule has 0 unspecified atom stereocenters. The number of aromatic amines is 2. The largest absolute Gasteiger partial charge is 0.351 e. The van der Waals surface area contributed by atoms with Gasteiger partial charge in [-0.05, 0) is 11.8 Å². The highest BCUT2D eigenvalue weighted by atomic mass is 15.2. The summed E-state index contributed by atoms with van der Waals surface area (Å²) in [5.41, 5.74) is 0. The van der Waals surface area contributed by atoms with Gasteiger partial charge in [-0.3, -0.25) is 5.10 Å². The van der Waals surface area contributed by atoms with Crippen molar-refractivity contribution in [2.75, 3.05) is 0 Å². The first kappa shape index (κ1) is 26.8. The lowest BCUT2D eigenvalue weighted by molar-refractivity contribution is 0.736. The quantitative estimate of drug-likeness (QED) is 0.729. The van der Waals surface area contributed by atoms with Gasteiger partial charge in [-0.2, -0.15) is 5.10 Å². The summed E-state index contributed by atoms with van der Waals surface area (Å²) in [6, 6.07) is 0. The Kier molecular flexibility index (Phi) is 30.2. The molecular formula is C15H35N5. The Labute approximate surface area is 125 Å². The maximum atomic E-state index is 3.67. The van der Waals surface area contributed by atoms with Gasteiger partial charge < -0.3 is 4.98 Å². The minimum absolute atomic E-state index is 0. The van der Waals surface area contributed by atoms with Crippen LogP contribution >= 0.6 is 0 Å². The number of rotatable bonds is 0. The monoisotopic (exact) mass is 285 g/mol. The summed E-state index contributed by atoms with van der Waals surface area (Å²) >= 11 is 0. The number of aromatic nitrogens is 5. The smallest absolute Gasteiger partial charge is 0.137 e. The van der Waals surface area contributed by atoms with E-state index in [1.54, 1.807) is 18.7 Å². The van der Waals surface area contributed by atoms with Crippen LogP contribution in [0.1, 0.15) is 56.4 Å². The summed E-state index contributed by atoms with van der Waals surface area (Å²) < 4.78 is 0. The Bertz CT molecular complexity index is 216. The summed E-state index contributed by atoms with van der Waals surface area (Å²) in [4.78, 5) is 9.97. The van der Waals surface area contributed by atoms with Gasteiger partial charge in [0.15, 0.2) is 0 Å². The Morgan fingerprint density at radius 1 is 0.800 bits per heavy atom. The van der Waals surface area contributed by atoms with Gasteiger partial charge in [-0.15, -0.1) is 0 Å². The summed E-state index contributed by atoms with van der Waals surface area (Å²) in [7, 11) is 0. The summed E-state index contributed by atoms with van der Waals surface area (Å²) in [6.07, 6.45) is 8.04. The van der Waals surface area contributed by atoms with Crippen molar-refractivity contribution in [3.63, 3.8) is 0 Å². The van der Waals surface area contributed by atoms with Crippen LogP contribution in [-0.2, 0) is 0 Å². The molecule has 0 aromatic carbocycles. The minimum atomic E-state index is 0. The normalized spacial score (nSPS) is 7.60. The fourth-order valence-electron chi connectivity index (χ4n) is 0.382. The van der Waals surface area contributed by atoms with Crippen molar-refractivity contribution in [3.05, 3.63) is 31.4 Å². The third-order valence-electron chi connectivity index (χ3n) is 0.737. The molecular weight excluding hydrogens is 250 g/mol. The molecule has 5 nitrogen and oxygen atoms in total. The summed E-state index contributed by atoms with van der Waals surface area (Å²) in [6.45, 7) is 13.0. The van der Waals surface area contributed by atoms with Gasteiger partial charge >= 0.3 is 0 Å². The van der Waals surface area contributed by atoms with Gasteiger partial charge in [0.1, 0.15) is 12.7 Å². The van der Waals surface area contributed by atoms with Crippen LogP contribution in [0.4, 0.5) is 0 Å². The molecule has 20 heavy (non-hydrogen) atoms. The summed E-state index contributed by atoms with van der Waals surface area (Å²) in [5, 5.41) is 5.99. The molecule has 2 aromatic rings. The zero-order chi connectivity index (χ0) is 14.2.